The first kappa shape index (κ1) is 58.1. The van der Waals surface area contributed by atoms with Crippen LogP contribution in [0.15, 0.2) is 36.5 Å². The van der Waals surface area contributed by atoms with Gasteiger partial charge in [-0.15, -0.1) is 0 Å². The number of esters is 1. The van der Waals surface area contributed by atoms with Crippen LogP contribution in [0.25, 0.3) is 0 Å². The van der Waals surface area contributed by atoms with Gasteiger partial charge in [-0.05, 0) is 51.4 Å². The molecule has 0 saturated heterocycles. The number of carbonyl (C=O) groups excluding carboxylic acids is 2. The van der Waals surface area contributed by atoms with Gasteiger partial charge in [-0.1, -0.05) is 243 Å². The molecular formula is C54H101NO5. The fourth-order valence-corrected chi connectivity index (χ4v) is 7.86. The number of rotatable bonds is 48. The predicted octanol–water partition coefficient (Wildman–Crippen LogP) is 15.7. The summed E-state index contributed by atoms with van der Waals surface area (Å²) in [4.78, 5) is 24.4. The largest absolute Gasteiger partial charge is 0.466 e. The zero-order valence-electron chi connectivity index (χ0n) is 39.9. The molecule has 0 bridgehead atoms. The topological polar surface area (TPSA) is 95.9 Å². The quantitative estimate of drug-likeness (QED) is 0.0322. The van der Waals surface area contributed by atoms with E-state index in [1.54, 1.807) is 6.08 Å². The highest BCUT2D eigenvalue weighted by Crippen LogP contribution is 2.16. The molecular weight excluding hydrogens is 743 g/mol. The third kappa shape index (κ3) is 45.6. The minimum Gasteiger partial charge on any atom is -0.466 e. The van der Waals surface area contributed by atoms with Gasteiger partial charge in [-0.3, -0.25) is 9.59 Å². The first-order valence-electron chi connectivity index (χ1n) is 26.3. The molecule has 1 amide bonds. The Bertz CT molecular complexity index is 977. The van der Waals surface area contributed by atoms with E-state index in [0.717, 1.165) is 51.4 Å². The summed E-state index contributed by atoms with van der Waals surface area (Å²) in [5.41, 5.74) is 0. The van der Waals surface area contributed by atoms with Crippen molar-refractivity contribution in [3.05, 3.63) is 36.5 Å². The van der Waals surface area contributed by atoms with Gasteiger partial charge in [0, 0.05) is 12.8 Å². The molecule has 352 valence electrons. The molecule has 2 unspecified atom stereocenters. The molecule has 0 aliphatic carbocycles. The smallest absolute Gasteiger partial charge is 0.305 e. The SMILES string of the molecule is CCCCCCCCCCCCCCCC/C=C/C(O)C(CO)NC(=O)CC/C=C\C/C=C\CCCCCCCCOC(=O)CCCCCCCCCCCCCCCC. The van der Waals surface area contributed by atoms with Gasteiger partial charge >= 0.3 is 5.97 Å². The average Bonchev–Trinajstić information content (AvgIpc) is 3.25. The van der Waals surface area contributed by atoms with Crippen molar-refractivity contribution in [3.8, 4) is 0 Å². The zero-order chi connectivity index (χ0) is 43.7. The van der Waals surface area contributed by atoms with Crippen molar-refractivity contribution in [2.24, 2.45) is 0 Å². The van der Waals surface area contributed by atoms with E-state index in [1.165, 1.54) is 186 Å². The van der Waals surface area contributed by atoms with E-state index in [1.807, 2.05) is 12.2 Å². The number of carbonyl (C=O) groups is 2. The number of nitrogens with one attached hydrogen (secondary N) is 1. The van der Waals surface area contributed by atoms with Gasteiger partial charge in [-0.2, -0.15) is 0 Å². The summed E-state index contributed by atoms with van der Waals surface area (Å²) < 4.78 is 5.45. The van der Waals surface area contributed by atoms with Gasteiger partial charge in [0.1, 0.15) is 0 Å². The zero-order valence-corrected chi connectivity index (χ0v) is 39.9. The lowest BCUT2D eigenvalue weighted by atomic mass is 10.0. The standard InChI is InChI=1S/C54H101NO5/c1-3-5-7-9-11-13-15-17-19-20-22-26-30-34-38-42-46-52(57)51(50-56)55-53(58)47-43-39-35-31-27-23-21-25-29-33-37-41-45-49-60-54(59)48-44-40-36-32-28-24-18-16-14-12-10-8-6-4-2/h23,27,35,39,42,46,51-52,56-57H,3-22,24-26,28-34,36-38,40-41,43-45,47-50H2,1-2H3,(H,55,58)/b27-23-,39-35-,46-42+. The highest BCUT2D eigenvalue weighted by atomic mass is 16.5. The molecule has 0 aliphatic heterocycles. The molecule has 60 heavy (non-hydrogen) atoms. The van der Waals surface area contributed by atoms with Crippen LogP contribution in [0.4, 0.5) is 0 Å². The van der Waals surface area contributed by atoms with Crippen LogP contribution >= 0.6 is 0 Å². The normalized spacial score (nSPS) is 12.9. The van der Waals surface area contributed by atoms with Crippen molar-refractivity contribution in [2.75, 3.05) is 13.2 Å². The Morgan fingerprint density at radius 3 is 1.30 bits per heavy atom. The van der Waals surface area contributed by atoms with E-state index < -0.39 is 12.1 Å². The average molecular weight is 844 g/mol. The van der Waals surface area contributed by atoms with Crippen molar-refractivity contribution in [2.45, 2.75) is 283 Å². The summed E-state index contributed by atoms with van der Waals surface area (Å²) in [6.07, 6.45) is 60.1. The van der Waals surface area contributed by atoms with Crippen LogP contribution in [0, 0.1) is 0 Å². The molecule has 0 aromatic rings. The fourth-order valence-electron chi connectivity index (χ4n) is 7.86. The summed E-state index contributed by atoms with van der Waals surface area (Å²) in [5.74, 6) is -0.165. The molecule has 6 nitrogen and oxygen atoms in total. The van der Waals surface area contributed by atoms with E-state index in [0.29, 0.717) is 25.9 Å². The maximum Gasteiger partial charge on any atom is 0.305 e. The van der Waals surface area contributed by atoms with Crippen LogP contribution in [-0.2, 0) is 14.3 Å². The molecule has 0 rings (SSSR count). The van der Waals surface area contributed by atoms with Crippen LogP contribution in [0.5, 0.6) is 0 Å². The number of amides is 1. The van der Waals surface area contributed by atoms with E-state index in [2.05, 4.69) is 37.4 Å². The van der Waals surface area contributed by atoms with Gasteiger partial charge in [0.05, 0.1) is 25.4 Å². The minimum absolute atomic E-state index is 0.0166. The number of aliphatic hydroxyl groups is 2. The van der Waals surface area contributed by atoms with E-state index in [-0.39, 0.29) is 18.5 Å². The van der Waals surface area contributed by atoms with E-state index >= 15 is 0 Å². The highest BCUT2D eigenvalue weighted by Gasteiger charge is 2.17. The lowest BCUT2D eigenvalue weighted by Gasteiger charge is -2.19. The van der Waals surface area contributed by atoms with Crippen LogP contribution in [0.3, 0.4) is 0 Å². The number of unbranched alkanes of at least 4 members (excludes halogenated alkanes) is 33. The number of allylic oxidation sites excluding steroid dienone is 5. The van der Waals surface area contributed by atoms with Crippen LogP contribution in [0.2, 0.25) is 0 Å². The third-order valence-electron chi connectivity index (χ3n) is 11.9. The van der Waals surface area contributed by atoms with Crippen LogP contribution < -0.4 is 5.32 Å². The van der Waals surface area contributed by atoms with Crippen molar-refractivity contribution < 1.29 is 24.5 Å². The Labute approximate surface area is 373 Å². The molecule has 6 heteroatoms. The number of aliphatic hydroxyl groups excluding tert-OH is 2. The lowest BCUT2D eigenvalue weighted by Crippen LogP contribution is -2.45. The Morgan fingerprint density at radius 2 is 0.850 bits per heavy atom. The number of hydrogen-bond acceptors (Lipinski definition) is 5. The molecule has 0 saturated carbocycles. The Balaban J connectivity index is 3.58. The molecule has 0 heterocycles. The second-order valence-electron chi connectivity index (χ2n) is 17.9. The number of hydrogen-bond donors (Lipinski definition) is 3. The second kappa shape index (κ2) is 49.7. The van der Waals surface area contributed by atoms with Crippen molar-refractivity contribution in [1.29, 1.82) is 0 Å². The highest BCUT2D eigenvalue weighted by molar-refractivity contribution is 5.76. The lowest BCUT2D eigenvalue weighted by molar-refractivity contribution is -0.143. The van der Waals surface area contributed by atoms with Gasteiger partial charge in [0.25, 0.3) is 0 Å². The van der Waals surface area contributed by atoms with Crippen molar-refractivity contribution in [3.63, 3.8) is 0 Å². The summed E-state index contributed by atoms with van der Waals surface area (Å²) >= 11 is 0. The second-order valence-corrected chi connectivity index (χ2v) is 17.9. The first-order valence-corrected chi connectivity index (χ1v) is 26.3. The Hall–Kier alpha value is -1.92. The van der Waals surface area contributed by atoms with Gasteiger partial charge in [0.2, 0.25) is 5.91 Å². The maximum absolute atomic E-state index is 12.4. The summed E-state index contributed by atoms with van der Waals surface area (Å²) in [6, 6.07) is -0.671. The first-order chi connectivity index (χ1) is 29.5. The monoisotopic (exact) mass is 844 g/mol. The third-order valence-corrected chi connectivity index (χ3v) is 11.9. The summed E-state index contributed by atoms with van der Waals surface area (Å²) in [5, 5.41) is 23.0. The van der Waals surface area contributed by atoms with Crippen LogP contribution in [-0.4, -0.2) is 47.4 Å². The van der Waals surface area contributed by atoms with Gasteiger partial charge in [-0.25, -0.2) is 0 Å². The van der Waals surface area contributed by atoms with Crippen LogP contribution in [0.1, 0.15) is 271 Å². The summed E-state index contributed by atoms with van der Waals surface area (Å²) in [7, 11) is 0. The molecule has 0 aliphatic rings. The molecule has 0 radical (unpaired) electrons. The molecule has 0 aromatic carbocycles. The number of ether oxygens (including phenoxy) is 1. The summed E-state index contributed by atoms with van der Waals surface area (Å²) in [6.45, 7) is 4.84. The van der Waals surface area contributed by atoms with Gasteiger partial charge in [0.15, 0.2) is 0 Å². The maximum atomic E-state index is 12.4. The molecule has 0 aromatic heterocycles. The molecule has 0 fully saturated rings. The van der Waals surface area contributed by atoms with E-state index in [4.69, 9.17) is 4.74 Å². The fraction of sp³-hybridized carbons (Fsp3) is 0.852. The van der Waals surface area contributed by atoms with E-state index in [9.17, 15) is 19.8 Å². The predicted molar refractivity (Wildman–Crippen MR) is 259 cm³/mol. The minimum atomic E-state index is -0.879. The van der Waals surface area contributed by atoms with Gasteiger partial charge < -0.3 is 20.3 Å². The Morgan fingerprint density at radius 1 is 0.467 bits per heavy atom. The molecule has 3 N–H and O–H groups in total. The van der Waals surface area contributed by atoms with Crippen molar-refractivity contribution in [1.82, 2.24) is 5.32 Å². The molecule has 2 atom stereocenters. The molecule has 0 spiro atoms. The van der Waals surface area contributed by atoms with Crippen molar-refractivity contribution >= 4 is 11.9 Å². The Kier molecular flexibility index (Phi) is 48.1.